The number of carbonyl (C=O) groups is 12. The molecule has 30 atom stereocenters. The number of aliphatic hydroxyl groups excluding tert-OH is 10. The largest absolute Gasteiger partial charge is 0.479 e. The average molecular weight is 2060 g/mol. The van der Waals surface area contributed by atoms with Crippen molar-refractivity contribution in [1.82, 2.24) is 57.2 Å². The first-order valence-electron chi connectivity index (χ1n) is 49.5. The number of aliphatic carboxylic acids is 2. The highest BCUT2D eigenvalue weighted by molar-refractivity contribution is 5.93. The summed E-state index contributed by atoms with van der Waals surface area (Å²) in [5.41, 5.74) is -5.13. The fourth-order valence-electron chi connectivity index (χ4n) is 20.0. The monoisotopic (exact) mass is 2050 g/mol. The summed E-state index contributed by atoms with van der Waals surface area (Å²) < 4.78 is 74.2. The Labute approximate surface area is 827 Å². The number of rotatable bonds is 54. The number of carboxylic acid groups (broad SMARTS) is 2. The molecule has 6 aliphatic carbocycles. The number of ketones is 3. The third-order valence-electron chi connectivity index (χ3n) is 27.7. The summed E-state index contributed by atoms with van der Waals surface area (Å²) in [6, 6.07) is -4.74. The summed E-state index contributed by atoms with van der Waals surface area (Å²) >= 11 is 0. The number of nitrogens with one attached hydrogen (secondary N) is 11. The van der Waals surface area contributed by atoms with Gasteiger partial charge in [-0.2, -0.15) is 0 Å². The van der Waals surface area contributed by atoms with Gasteiger partial charge in [0.05, 0.1) is 108 Å². The number of ether oxygens (including phenoxy) is 12. The van der Waals surface area contributed by atoms with Crippen molar-refractivity contribution in [2.75, 3.05) is 85.7 Å². The lowest BCUT2D eigenvalue weighted by Crippen LogP contribution is -2.68. The van der Waals surface area contributed by atoms with Gasteiger partial charge in [-0.15, -0.1) is 0 Å². The van der Waals surface area contributed by atoms with Crippen LogP contribution >= 0.6 is 0 Å². The predicted molar refractivity (Wildman–Crippen MR) is 493 cm³/mol. The molecule has 2 saturated heterocycles. The lowest BCUT2D eigenvalue weighted by Gasteiger charge is -2.49. The SMILES string of the molecule is CC(=O)NCCCC(=O)C1CC(NC(=O)c2cc(=O)[nH]c(=O)[nH]2)[C@@H](O[C@@H]2CC(C)[C@@H](O)[C@H](O)C2O)[C@H](O[C@@H]2O[C@@H](CO)[C@H](O)C(O[C@@H](CC3CCCCC3)C(=O)O)C2NC(=O)CCC(=O)COCCOCCOCCOCC(=O)NCC(=O)NC2C(O[C@@H](CC3CCCCC3)C(=O)O)[C@@H](O)[C@H](CO)O[C@H]2O[C@@H]2CC(C(=O)CCCNC(C)=O)CC(NC(=O)c3cc(=O)[nH]c(=O)[nH]3)[C@H]2O[C@@H]2CC(C)[C@@H](O)[C@H](O)C2O)C1. The summed E-state index contributed by atoms with van der Waals surface area (Å²) in [5.74, 6) is -13.9. The van der Waals surface area contributed by atoms with Crippen LogP contribution in [0.2, 0.25) is 0 Å². The van der Waals surface area contributed by atoms with Gasteiger partial charge >= 0.3 is 23.3 Å². The molecule has 2 aromatic rings. The van der Waals surface area contributed by atoms with Gasteiger partial charge in [-0.25, -0.2) is 19.2 Å². The molecule has 0 bridgehead atoms. The number of hydrogen-bond acceptors (Lipinski definition) is 38. The minimum atomic E-state index is -1.94. The second-order valence-corrected chi connectivity index (χ2v) is 38.7. The molecular formula is C93H143N11O40. The van der Waals surface area contributed by atoms with Crippen LogP contribution in [0.4, 0.5) is 0 Å². The number of carboxylic acids is 2. The summed E-state index contributed by atoms with van der Waals surface area (Å²) in [7, 11) is 0. The van der Waals surface area contributed by atoms with Gasteiger partial charge in [0.15, 0.2) is 30.6 Å². The highest BCUT2D eigenvalue weighted by Crippen LogP contribution is 2.42. The Morgan fingerprint density at radius 2 is 0.812 bits per heavy atom. The zero-order chi connectivity index (χ0) is 105. The lowest BCUT2D eigenvalue weighted by atomic mass is 9.77. The number of amides is 7. The van der Waals surface area contributed by atoms with E-state index >= 15 is 0 Å². The van der Waals surface area contributed by atoms with E-state index in [1.54, 1.807) is 13.8 Å². The molecule has 144 heavy (non-hydrogen) atoms. The van der Waals surface area contributed by atoms with Crippen molar-refractivity contribution in [3.8, 4) is 0 Å². The maximum Gasteiger partial charge on any atom is 0.332 e. The minimum absolute atomic E-state index is 0.0163. The molecule has 12 unspecified atom stereocenters. The smallest absolute Gasteiger partial charge is 0.332 e. The van der Waals surface area contributed by atoms with Crippen molar-refractivity contribution < 1.29 is 176 Å². The van der Waals surface area contributed by atoms with E-state index in [4.69, 9.17) is 56.8 Å². The first kappa shape index (κ1) is 117. The van der Waals surface area contributed by atoms with Gasteiger partial charge in [-0.3, -0.25) is 67.5 Å². The average Bonchev–Trinajstić information content (AvgIpc) is 0.771. The first-order valence-corrected chi connectivity index (χ1v) is 49.5. The van der Waals surface area contributed by atoms with Crippen molar-refractivity contribution >= 4 is 70.6 Å². The van der Waals surface area contributed by atoms with Gasteiger partial charge in [-0.1, -0.05) is 78.1 Å². The van der Waals surface area contributed by atoms with E-state index in [1.165, 1.54) is 13.8 Å². The van der Waals surface area contributed by atoms with Crippen molar-refractivity contribution in [2.24, 2.45) is 35.5 Å². The van der Waals surface area contributed by atoms with Crippen LogP contribution in [-0.4, -0.2) is 396 Å². The quantitative estimate of drug-likeness (QED) is 0.0274. The summed E-state index contributed by atoms with van der Waals surface area (Å²) in [4.78, 5) is 221. The van der Waals surface area contributed by atoms with Gasteiger partial charge in [0.1, 0.15) is 121 Å². The molecule has 810 valence electrons. The molecule has 2 aromatic heterocycles. The maximum absolute atomic E-state index is 14.4. The van der Waals surface area contributed by atoms with Gasteiger partial charge in [0.2, 0.25) is 29.5 Å². The fourth-order valence-corrected chi connectivity index (χ4v) is 20.0. The third kappa shape index (κ3) is 34.7. The van der Waals surface area contributed by atoms with Crippen LogP contribution in [0.15, 0.2) is 31.3 Å². The Morgan fingerprint density at radius 1 is 0.417 bits per heavy atom. The van der Waals surface area contributed by atoms with Crippen molar-refractivity contribution in [1.29, 1.82) is 0 Å². The Kier molecular flexibility index (Phi) is 46.4. The number of aromatic nitrogens is 4. The molecule has 51 nitrogen and oxygen atoms in total. The molecule has 0 radical (unpaired) electrons. The zero-order valence-corrected chi connectivity index (χ0v) is 81.1. The normalized spacial score (nSPS) is 31.6. The molecule has 10 rings (SSSR count). The summed E-state index contributed by atoms with van der Waals surface area (Å²) in [6.45, 7) is 1.41. The minimum Gasteiger partial charge on any atom is -0.479 e. The maximum atomic E-state index is 14.4. The van der Waals surface area contributed by atoms with Gasteiger partial charge in [0, 0.05) is 76.6 Å². The number of hydrogen-bond donors (Lipinski definition) is 23. The molecule has 6 saturated carbocycles. The van der Waals surface area contributed by atoms with Crippen LogP contribution in [0.5, 0.6) is 0 Å². The van der Waals surface area contributed by atoms with Crippen molar-refractivity contribution in [2.45, 2.75) is 341 Å². The second-order valence-electron chi connectivity index (χ2n) is 38.7. The van der Waals surface area contributed by atoms with Crippen LogP contribution in [0.3, 0.4) is 0 Å². The molecule has 23 N–H and O–H groups in total. The van der Waals surface area contributed by atoms with E-state index in [0.29, 0.717) is 25.7 Å². The fraction of sp³-hybridized carbons (Fsp3) is 0.785. The van der Waals surface area contributed by atoms with Gasteiger partial charge in [0.25, 0.3) is 22.9 Å². The zero-order valence-electron chi connectivity index (χ0n) is 81.1. The van der Waals surface area contributed by atoms with Crippen LogP contribution in [-0.2, 0) is 105 Å². The molecule has 0 aromatic carbocycles. The molecule has 7 amide bonds. The van der Waals surface area contributed by atoms with E-state index in [1.807, 2.05) is 9.97 Å². The van der Waals surface area contributed by atoms with Crippen LogP contribution in [0.1, 0.15) is 203 Å². The highest BCUT2D eigenvalue weighted by Gasteiger charge is 2.57. The van der Waals surface area contributed by atoms with Crippen molar-refractivity contribution in [3.05, 3.63) is 65.2 Å². The summed E-state index contributed by atoms with van der Waals surface area (Å²) in [5, 5.41) is 152. The molecule has 0 spiro atoms. The Hall–Kier alpha value is -9.28. The molecule has 8 aliphatic rings. The van der Waals surface area contributed by atoms with E-state index in [2.05, 4.69) is 47.2 Å². The predicted octanol–water partition coefficient (Wildman–Crippen LogP) is -6.07. The standard InChI is InChI=1S/C93H143N11O40/c1-44-29-59(76(119)80(123)74(44)117)137-82-53(97-86(125)55-37-68(113)103-92(131)99-55)33-50(57(110)17-11-21-94-46(3)107)35-61(82)141-90-72(84(78(121)65(40-105)143-90)139-63(88(127)128)31-48-13-7-5-8-14-48)101-67(112)20-19-52(109)42-135-27-25-133-23-24-134-26-28-136-43-71(116)96-39-70(115)102-73-85(140-64(89(129)130)32-49-15-9-6-10-16-49)79(122)66(41-106)144-91(73)142-62-36-51(58(111)18-12-22-95-47(4)108)34-54(98-87(126)56-38-69(114)104-93(132)100-56)83(62)138-60-30-45(2)75(118)81(124)77(60)120/h37-38,44-45,48-51,53-54,59-66,72-85,90-91,105-106,117-124H,5-36,39-43H2,1-4H3,(H,94,107)(H,95,108)(H,96,116)(H,97,125)(H,98,126)(H,101,112)(H,102,115)(H,127,128)(H,129,130)(H2,99,103,113,131)(H2,100,104,114,132)/t44?,45?,50?,51?,53?,54?,59-,60-,61-,62-,63+,64+,65+,66+,72?,73?,74-,75-,76?,77?,78+,79+,80+,81+,82-,83-,84?,85?,90-,91-/m1/s1. The van der Waals surface area contributed by atoms with Crippen molar-refractivity contribution in [3.63, 3.8) is 0 Å². The molecule has 8 fully saturated rings. The van der Waals surface area contributed by atoms with Crippen LogP contribution in [0.25, 0.3) is 0 Å². The number of aliphatic hydroxyl groups is 10. The van der Waals surface area contributed by atoms with E-state index in [9.17, 15) is 138 Å². The molecular weight excluding hydrogens is 1910 g/mol. The number of aromatic amines is 4. The lowest BCUT2D eigenvalue weighted by molar-refractivity contribution is -0.308. The van der Waals surface area contributed by atoms with Crippen LogP contribution in [0, 0.1) is 35.5 Å². The van der Waals surface area contributed by atoms with E-state index in [-0.39, 0.29) is 153 Å². The van der Waals surface area contributed by atoms with E-state index < -0.39 is 321 Å². The Morgan fingerprint density at radius 3 is 1.20 bits per heavy atom. The summed E-state index contributed by atoms with van der Waals surface area (Å²) in [6.07, 6.45) is -31.8. The van der Waals surface area contributed by atoms with Gasteiger partial charge in [-0.05, 0) is 87.9 Å². The highest BCUT2D eigenvalue weighted by atomic mass is 16.7. The molecule has 4 heterocycles. The Balaban J connectivity index is 0.750. The van der Waals surface area contributed by atoms with E-state index in [0.717, 1.165) is 50.7 Å². The number of Topliss-reactive ketones (excluding diaryl/α,β-unsaturated/α-hetero) is 3. The third-order valence-corrected chi connectivity index (χ3v) is 27.7. The second kappa shape index (κ2) is 57.3. The Bertz CT molecular complexity index is 4440. The van der Waals surface area contributed by atoms with Crippen LogP contribution < -0.4 is 59.7 Å². The topological polar surface area (TPSA) is 774 Å². The molecule has 51 heteroatoms. The number of H-pyrrole nitrogens is 4. The first-order chi connectivity index (χ1) is 68.7. The molecule has 2 aliphatic heterocycles. The number of carbonyl (C=O) groups excluding carboxylic acids is 10. The van der Waals surface area contributed by atoms with Gasteiger partial charge < -0.3 is 165 Å².